The molecular formula is C23H33N3O5S. The molecule has 1 N–H and O–H groups in total. The van der Waals surface area contributed by atoms with Crippen LogP contribution in [0.4, 0.5) is 0 Å². The molecule has 176 valence electrons. The third kappa shape index (κ3) is 6.16. The summed E-state index contributed by atoms with van der Waals surface area (Å²) < 4.78 is 10.6. The summed E-state index contributed by atoms with van der Waals surface area (Å²) in [7, 11) is 1.52. The molecule has 2 aliphatic heterocycles. The molecule has 0 aromatic heterocycles. The molecule has 1 aromatic carbocycles. The lowest BCUT2D eigenvalue weighted by Gasteiger charge is -2.37. The normalized spacial score (nSPS) is 19.9. The van der Waals surface area contributed by atoms with Crippen LogP contribution in [0.3, 0.4) is 0 Å². The predicted octanol–water partition coefficient (Wildman–Crippen LogP) is 1.64. The number of morpholine rings is 1. The van der Waals surface area contributed by atoms with Gasteiger partial charge in [-0.3, -0.25) is 14.4 Å². The van der Waals surface area contributed by atoms with E-state index in [1.54, 1.807) is 40.9 Å². The first kappa shape index (κ1) is 24.4. The summed E-state index contributed by atoms with van der Waals surface area (Å²) in [5, 5.41) is 2.91. The molecule has 0 radical (unpaired) electrons. The maximum Gasteiger partial charge on any atom is 0.255 e. The Kier molecular flexibility index (Phi) is 9.23. The largest absolute Gasteiger partial charge is 0.496 e. The molecule has 3 rings (SSSR count). The van der Waals surface area contributed by atoms with Crippen molar-refractivity contribution in [3.8, 4) is 5.75 Å². The number of benzene rings is 1. The second kappa shape index (κ2) is 12.1. The van der Waals surface area contributed by atoms with Crippen molar-refractivity contribution in [1.29, 1.82) is 0 Å². The number of carbonyl (C=O) groups excluding carboxylic acids is 3. The smallest absolute Gasteiger partial charge is 0.255 e. The molecule has 2 atom stereocenters. The highest BCUT2D eigenvalue weighted by Crippen LogP contribution is 2.22. The van der Waals surface area contributed by atoms with Crippen LogP contribution in [-0.2, 0) is 14.3 Å². The Morgan fingerprint density at radius 3 is 2.66 bits per heavy atom. The monoisotopic (exact) mass is 463 g/mol. The van der Waals surface area contributed by atoms with Crippen LogP contribution in [0.5, 0.6) is 5.75 Å². The zero-order valence-corrected chi connectivity index (χ0v) is 19.7. The van der Waals surface area contributed by atoms with E-state index in [0.717, 1.165) is 18.6 Å². The minimum atomic E-state index is -0.642. The third-order valence-electron chi connectivity index (χ3n) is 5.97. The maximum atomic E-state index is 13.4. The van der Waals surface area contributed by atoms with Gasteiger partial charge in [-0.05, 0) is 43.4 Å². The number of rotatable bonds is 8. The van der Waals surface area contributed by atoms with Gasteiger partial charge < -0.3 is 24.6 Å². The first-order valence-corrected chi connectivity index (χ1v) is 12.5. The number of para-hydroxylation sites is 1. The van der Waals surface area contributed by atoms with Crippen LogP contribution in [0.15, 0.2) is 24.3 Å². The standard InChI is InChI=1S/C23H33N3O5S/c1-30-20-8-4-3-7-18(20)21(27)24-19(9-15-32-2)23(29)26-10-5-6-17(16-26)22(28)25-11-13-31-14-12-25/h3-4,7-8,17,19H,5-6,9-16H2,1-2H3,(H,24,27). The Hall–Kier alpha value is -2.26. The number of hydrogen-bond acceptors (Lipinski definition) is 6. The summed E-state index contributed by atoms with van der Waals surface area (Å²) in [5.74, 6) is 0.658. The van der Waals surface area contributed by atoms with Gasteiger partial charge in [0.05, 0.1) is 31.8 Å². The van der Waals surface area contributed by atoms with E-state index in [1.165, 1.54) is 7.11 Å². The van der Waals surface area contributed by atoms with Crippen molar-refractivity contribution in [3.63, 3.8) is 0 Å². The summed E-state index contributed by atoms with van der Waals surface area (Å²) in [6.45, 7) is 3.34. The number of carbonyl (C=O) groups is 3. The Morgan fingerprint density at radius 1 is 1.19 bits per heavy atom. The van der Waals surface area contributed by atoms with Crippen molar-refractivity contribution >= 4 is 29.5 Å². The van der Waals surface area contributed by atoms with Gasteiger partial charge in [0.15, 0.2) is 0 Å². The molecule has 9 heteroatoms. The summed E-state index contributed by atoms with van der Waals surface area (Å²) in [4.78, 5) is 42.9. The molecule has 2 saturated heterocycles. The number of nitrogens with one attached hydrogen (secondary N) is 1. The highest BCUT2D eigenvalue weighted by Gasteiger charge is 2.34. The van der Waals surface area contributed by atoms with E-state index in [9.17, 15) is 14.4 Å². The fourth-order valence-corrected chi connectivity index (χ4v) is 4.67. The minimum absolute atomic E-state index is 0.101. The molecule has 8 nitrogen and oxygen atoms in total. The number of nitrogens with zero attached hydrogens (tertiary/aromatic N) is 2. The Morgan fingerprint density at radius 2 is 1.94 bits per heavy atom. The van der Waals surface area contributed by atoms with E-state index >= 15 is 0 Å². The average Bonchev–Trinajstić information content (AvgIpc) is 2.86. The lowest BCUT2D eigenvalue weighted by molar-refractivity contribution is -0.144. The maximum absolute atomic E-state index is 13.4. The van der Waals surface area contributed by atoms with Crippen molar-refractivity contribution in [2.75, 3.05) is 58.5 Å². The van der Waals surface area contributed by atoms with Crippen LogP contribution in [0.25, 0.3) is 0 Å². The first-order valence-electron chi connectivity index (χ1n) is 11.1. The lowest BCUT2D eigenvalue weighted by Crippen LogP contribution is -2.54. The highest BCUT2D eigenvalue weighted by molar-refractivity contribution is 7.98. The number of methoxy groups -OCH3 is 1. The predicted molar refractivity (Wildman–Crippen MR) is 124 cm³/mol. The van der Waals surface area contributed by atoms with Crippen LogP contribution < -0.4 is 10.1 Å². The number of likely N-dealkylation sites (tertiary alicyclic amines) is 1. The van der Waals surface area contributed by atoms with Crippen LogP contribution in [0.1, 0.15) is 29.6 Å². The fraction of sp³-hybridized carbons (Fsp3) is 0.609. The number of hydrogen-bond donors (Lipinski definition) is 1. The molecule has 2 unspecified atom stereocenters. The minimum Gasteiger partial charge on any atom is -0.496 e. The quantitative estimate of drug-likeness (QED) is 0.631. The number of piperidine rings is 1. The zero-order chi connectivity index (χ0) is 22.9. The number of ether oxygens (including phenoxy) is 2. The topological polar surface area (TPSA) is 88.2 Å². The first-order chi connectivity index (χ1) is 15.5. The van der Waals surface area contributed by atoms with Crippen molar-refractivity contribution in [2.24, 2.45) is 5.92 Å². The molecule has 0 spiro atoms. The van der Waals surface area contributed by atoms with Gasteiger partial charge in [0, 0.05) is 26.2 Å². The van der Waals surface area contributed by atoms with Gasteiger partial charge in [-0.1, -0.05) is 12.1 Å². The van der Waals surface area contributed by atoms with E-state index < -0.39 is 6.04 Å². The molecular weight excluding hydrogens is 430 g/mol. The van der Waals surface area contributed by atoms with E-state index in [0.29, 0.717) is 57.1 Å². The second-order valence-electron chi connectivity index (χ2n) is 8.07. The van der Waals surface area contributed by atoms with Crippen molar-refractivity contribution in [1.82, 2.24) is 15.1 Å². The Balaban J connectivity index is 1.67. The molecule has 2 fully saturated rings. The molecule has 2 aliphatic rings. The SMILES string of the molecule is COc1ccccc1C(=O)NC(CCSC)C(=O)N1CCCC(C(=O)N2CCOCC2)C1. The Labute approximate surface area is 194 Å². The van der Waals surface area contributed by atoms with Gasteiger partial charge in [-0.2, -0.15) is 11.8 Å². The van der Waals surface area contributed by atoms with Crippen LogP contribution in [0, 0.1) is 5.92 Å². The molecule has 0 aliphatic carbocycles. The summed E-state index contributed by atoms with van der Waals surface area (Å²) in [5.41, 5.74) is 0.399. The fourth-order valence-electron chi connectivity index (χ4n) is 4.20. The van der Waals surface area contributed by atoms with Gasteiger partial charge in [0.25, 0.3) is 5.91 Å². The zero-order valence-electron chi connectivity index (χ0n) is 18.9. The van der Waals surface area contributed by atoms with E-state index in [4.69, 9.17) is 9.47 Å². The molecule has 3 amide bonds. The van der Waals surface area contributed by atoms with Crippen LogP contribution >= 0.6 is 11.8 Å². The lowest BCUT2D eigenvalue weighted by atomic mass is 9.95. The van der Waals surface area contributed by atoms with Crippen LogP contribution in [-0.4, -0.2) is 92.1 Å². The second-order valence-corrected chi connectivity index (χ2v) is 9.05. The molecule has 0 saturated carbocycles. The van der Waals surface area contributed by atoms with Gasteiger partial charge >= 0.3 is 0 Å². The average molecular weight is 464 g/mol. The summed E-state index contributed by atoms with van der Waals surface area (Å²) in [6.07, 6.45) is 4.06. The third-order valence-corrected chi connectivity index (χ3v) is 6.61. The Bertz CT molecular complexity index is 800. The van der Waals surface area contributed by atoms with Gasteiger partial charge in [-0.25, -0.2) is 0 Å². The molecule has 2 heterocycles. The van der Waals surface area contributed by atoms with Gasteiger partial charge in [0.1, 0.15) is 11.8 Å². The molecule has 32 heavy (non-hydrogen) atoms. The van der Waals surface area contributed by atoms with Crippen molar-refractivity contribution < 1.29 is 23.9 Å². The van der Waals surface area contributed by atoms with E-state index in [1.807, 2.05) is 11.2 Å². The molecule has 1 aromatic rings. The number of amides is 3. The van der Waals surface area contributed by atoms with Gasteiger partial charge in [0.2, 0.25) is 11.8 Å². The molecule has 0 bridgehead atoms. The van der Waals surface area contributed by atoms with Crippen molar-refractivity contribution in [2.45, 2.75) is 25.3 Å². The summed E-state index contributed by atoms with van der Waals surface area (Å²) in [6, 6.07) is 6.33. The van der Waals surface area contributed by atoms with Crippen molar-refractivity contribution in [3.05, 3.63) is 29.8 Å². The van der Waals surface area contributed by atoms with Gasteiger partial charge in [-0.15, -0.1) is 0 Å². The van der Waals surface area contributed by atoms with Crippen LogP contribution in [0.2, 0.25) is 0 Å². The number of thioether (sulfide) groups is 1. The van der Waals surface area contributed by atoms with E-state index in [-0.39, 0.29) is 23.6 Å². The van der Waals surface area contributed by atoms with E-state index in [2.05, 4.69) is 5.32 Å². The summed E-state index contributed by atoms with van der Waals surface area (Å²) >= 11 is 1.63. The highest BCUT2D eigenvalue weighted by atomic mass is 32.2.